The van der Waals surface area contributed by atoms with Crippen LogP contribution in [-0.4, -0.2) is 11.7 Å². The lowest BCUT2D eigenvalue weighted by molar-refractivity contribution is 0.387. The summed E-state index contributed by atoms with van der Waals surface area (Å²) in [4.78, 5) is 13.7. The highest BCUT2D eigenvalue weighted by Crippen LogP contribution is 2.32. The Morgan fingerprint density at radius 3 is 2.12 bits per heavy atom. The predicted octanol–water partition coefficient (Wildman–Crippen LogP) is 6.11. The number of hydrogen-bond acceptors (Lipinski definition) is 2. The third kappa shape index (κ3) is 4.61. The zero-order valence-electron chi connectivity index (χ0n) is 19.3. The minimum atomic E-state index is -0.510. The second-order valence-corrected chi connectivity index (χ2v) is 8.24. The van der Waals surface area contributed by atoms with Crippen molar-refractivity contribution >= 4 is 0 Å². The molecule has 4 aromatic rings. The van der Waals surface area contributed by atoms with Crippen molar-refractivity contribution in [1.29, 1.82) is 0 Å². The molecule has 0 aliphatic rings. The van der Waals surface area contributed by atoms with Crippen LogP contribution in [0.3, 0.4) is 0 Å². The largest absolute Gasteiger partial charge is 0.494 e. The summed E-state index contributed by atoms with van der Waals surface area (Å²) in [5.74, 6) is -0.378. The molecule has 4 rings (SSSR count). The summed E-state index contributed by atoms with van der Waals surface area (Å²) in [7, 11) is 1.43. The van der Waals surface area contributed by atoms with Crippen LogP contribution >= 0.6 is 0 Å². The Kier molecular flexibility index (Phi) is 6.74. The Labute approximate surface area is 194 Å². The van der Waals surface area contributed by atoms with E-state index in [0.717, 1.165) is 34.4 Å². The average molecular weight is 442 g/mol. The summed E-state index contributed by atoms with van der Waals surface area (Å²) in [5, 5.41) is 0. The van der Waals surface area contributed by atoms with E-state index in [1.165, 1.54) is 7.11 Å². The lowest BCUT2D eigenvalue weighted by Gasteiger charge is -2.21. The van der Waals surface area contributed by atoms with Crippen LogP contribution in [0.2, 0.25) is 0 Å². The smallest absolute Gasteiger partial charge is 0.259 e. The van der Waals surface area contributed by atoms with Gasteiger partial charge in [-0.2, -0.15) is 0 Å². The zero-order chi connectivity index (χ0) is 23.4. The summed E-state index contributed by atoms with van der Waals surface area (Å²) in [6, 6.07) is 25.2. The van der Waals surface area contributed by atoms with Gasteiger partial charge in [-0.3, -0.25) is 4.79 Å². The summed E-state index contributed by atoms with van der Waals surface area (Å²) < 4.78 is 22.3. The van der Waals surface area contributed by atoms with Crippen LogP contribution in [-0.2, 0) is 19.4 Å². The number of hydrogen-bond donors (Lipinski definition) is 0. The van der Waals surface area contributed by atoms with Crippen LogP contribution in [0.4, 0.5) is 4.39 Å². The van der Waals surface area contributed by atoms with Crippen LogP contribution in [0.15, 0.2) is 83.7 Å². The first-order valence-corrected chi connectivity index (χ1v) is 11.1. The third-order valence-corrected chi connectivity index (χ3v) is 6.27. The molecule has 0 fully saturated rings. The van der Waals surface area contributed by atoms with Crippen molar-refractivity contribution in [2.45, 2.75) is 33.2 Å². The first kappa shape index (κ1) is 22.5. The van der Waals surface area contributed by atoms with Crippen molar-refractivity contribution in [1.82, 2.24) is 4.57 Å². The summed E-state index contributed by atoms with van der Waals surface area (Å²) in [5.41, 5.74) is 5.58. The fraction of sp³-hybridized carbons (Fsp3) is 0.207. The molecule has 1 aromatic heterocycles. The van der Waals surface area contributed by atoms with Crippen molar-refractivity contribution in [2.24, 2.45) is 0 Å². The van der Waals surface area contributed by atoms with E-state index in [-0.39, 0.29) is 16.9 Å². The highest BCUT2D eigenvalue weighted by Gasteiger charge is 2.22. The molecule has 0 amide bonds. The zero-order valence-corrected chi connectivity index (χ0v) is 19.3. The lowest BCUT2D eigenvalue weighted by Crippen LogP contribution is -2.28. The molecule has 0 radical (unpaired) electrons. The van der Waals surface area contributed by atoms with Gasteiger partial charge in [0, 0.05) is 17.8 Å². The van der Waals surface area contributed by atoms with Gasteiger partial charge >= 0.3 is 0 Å². The highest BCUT2D eigenvalue weighted by molar-refractivity contribution is 5.70. The molecule has 0 aliphatic carbocycles. The molecule has 3 aromatic carbocycles. The van der Waals surface area contributed by atoms with E-state index in [1.54, 1.807) is 22.8 Å². The van der Waals surface area contributed by atoms with Gasteiger partial charge in [0.1, 0.15) is 0 Å². The van der Waals surface area contributed by atoms with Crippen molar-refractivity contribution in [3.63, 3.8) is 0 Å². The monoisotopic (exact) mass is 441 g/mol. The Bertz CT molecular complexity index is 1310. The third-order valence-electron chi connectivity index (χ3n) is 6.27. The number of aromatic nitrogens is 1. The van der Waals surface area contributed by atoms with E-state index in [4.69, 9.17) is 4.74 Å². The molecule has 0 bridgehead atoms. The molecule has 0 atom stereocenters. The maximum Gasteiger partial charge on any atom is 0.259 e. The summed E-state index contributed by atoms with van der Waals surface area (Å²) in [6.07, 6.45) is 1.39. The van der Waals surface area contributed by atoms with E-state index >= 15 is 4.39 Å². The van der Waals surface area contributed by atoms with E-state index in [9.17, 15) is 4.79 Å². The van der Waals surface area contributed by atoms with E-state index in [1.807, 2.05) is 50.2 Å². The van der Waals surface area contributed by atoms with Crippen LogP contribution in [0.5, 0.6) is 5.75 Å². The fourth-order valence-corrected chi connectivity index (χ4v) is 4.43. The fourth-order valence-electron chi connectivity index (χ4n) is 4.43. The standard InChI is InChI=1S/C29H28FNO2/c1-20-25(19-23-13-8-5-9-14-23)21(2)31(18-17-22-11-6-4-7-12-22)29(32)27(20)24-15-10-16-26(33-3)28(24)30/h4-16H,17-19H2,1-3H3. The maximum absolute atomic E-state index is 15.3. The molecule has 1 heterocycles. The number of nitrogens with zero attached hydrogens (tertiary/aromatic N) is 1. The minimum absolute atomic E-state index is 0.132. The molecule has 0 spiro atoms. The van der Waals surface area contributed by atoms with Gasteiger partial charge in [-0.1, -0.05) is 72.8 Å². The average Bonchev–Trinajstić information content (AvgIpc) is 2.84. The molecular formula is C29H28FNO2. The van der Waals surface area contributed by atoms with Crippen molar-refractivity contribution in [2.75, 3.05) is 7.11 Å². The second kappa shape index (κ2) is 9.86. The van der Waals surface area contributed by atoms with E-state index in [2.05, 4.69) is 24.3 Å². The normalized spacial score (nSPS) is 10.9. The van der Waals surface area contributed by atoms with Gasteiger partial charge in [0.15, 0.2) is 11.6 Å². The second-order valence-electron chi connectivity index (χ2n) is 8.24. The number of methoxy groups -OCH3 is 1. The van der Waals surface area contributed by atoms with Gasteiger partial charge in [-0.15, -0.1) is 0 Å². The molecule has 33 heavy (non-hydrogen) atoms. The predicted molar refractivity (Wildman–Crippen MR) is 132 cm³/mol. The summed E-state index contributed by atoms with van der Waals surface area (Å²) >= 11 is 0. The number of ether oxygens (including phenoxy) is 1. The van der Waals surface area contributed by atoms with Crippen LogP contribution in [0, 0.1) is 19.7 Å². The number of benzene rings is 3. The van der Waals surface area contributed by atoms with E-state index in [0.29, 0.717) is 18.5 Å². The van der Waals surface area contributed by atoms with Gasteiger partial charge in [0.25, 0.3) is 5.56 Å². The quantitative estimate of drug-likeness (QED) is 0.346. The van der Waals surface area contributed by atoms with Gasteiger partial charge in [-0.25, -0.2) is 4.39 Å². The Balaban J connectivity index is 1.90. The topological polar surface area (TPSA) is 31.2 Å². The van der Waals surface area contributed by atoms with Crippen LogP contribution in [0.1, 0.15) is 27.9 Å². The highest BCUT2D eigenvalue weighted by atomic mass is 19.1. The number of aryl methyl sites for hydroxylation is 1. The number of pyridine rings is 1. The van der Waals surface area contributed by atoms with Gasteiger partial charge in [0.2, 0.25) is 0 Å². The van der Waals surface area contributed by atoms with Gasteiger partial charge < -0.3 is 9.30 Å². The minimum Gasteiger partial charge on any atom is -0.494 e. The molecule has 0 N–H and O–H groups in total. The maximum atomic E-state index is 15.3. The number of halogens is 1. The van der Waals surface area contributed by atoms with Gasteiger partial charge in [0.05, 0.1) is 12.7 Å². The van der Waals surface area contributed by atoms with Crippen molar-refractivity contribution < 1.29 is 9.13 Å². The SMILES string of the molecule is COc1cccc(-c2c(C)c(Cc3ccccc3)c(C)n(CCc3ccccc3)c2=O)c1F. The first-order chi connectivity index (χ1) is 16.0. The van der Waals surface area contributed by atoms with Crippen molar-refractivity contribution in [3.05, 3.63) is 123 Å². The Morgan fingerprint density at radius 2 is 1.48 bits per heavy atom. The van der Waals surface area contributed by atoms with Crippen molar-refractivity contribution in [3.8, 4) is 16.9 Å². The number of rotatable bonds is 7. The molecule has 168 valence electrons. The molecular weight excluding hydrogens is 413 g/mol. The molecule has 4 heteroatoms. The molecule has 3 nitrogen and oxygen atoms in total. The molecule has 0 saturated carbocycles. The van der Waals surface area contributed by atoms with Gasteiger partial charge in [-0.05, 0) is 55.0 Å². The first-order valence-electron chi connectivity index (χ1n) is 11.1. The lowest BCUT2D eigenvalue weighted by atomic mass is 9.92. The molecule has 0 saturated heterocycles. The van der Waals surface area contributed by atoms with Crippen LogP contribution < -0.4 is 10.3 Å². The van der Waals surface area contributed by atoms with E-state index < -0.39 is 5.82 Å². The summed E-state index contributed by atoms with van der Waals surface area (Å²) in [6.45, 7) is 4.43. The molecule has 0 unspecified atom stereocenters. The van der Waals surface area contributed by atoms with Crippen LogP contribution in [0.25, 0.3) is 11.1 Å². The Hall–Kier alpha value is -3.66. The Morgan fingerprint density at radius 1 is 0.848 bits per heavy atom. The molecule has 0 aliphatic heterocycles.